The Balaban J connectivity index is 1.84. The summed E-state index contributed by atoms with van der Waals surface area (Å²) in [6.07, 6.45) is 3.46. The van der Waals surface area contributed by atoms with Gasteiger partial charge in [-0.15, -0.1) is 6.58 Å². The molecule has 0 saturated carbocycles. The molecule has 3 rings (SSSR count). The van der Waals surface area contributed by atoms with Crippen molar-refractivity contribution in [3.05, 3.63) is 75.6 Å². The number of hydrogen-bond donors (Lipinski definition) is 0. The SMILES string of the molecule is C=CCN1C(=O)C(=Cc2cc(Br)c(OCc3ccccc3)c(OC)c2)SC1=S. The molecule has 0 bridgehead atoms. The van der Waals surface area contributed by atoms with Gasteiger partial charge in [-0.1, -0.05) is 60.4 Å². The van der Waals surface area contributed by atoms with Crippen molar-refractivity contribution < 1.29 is 14.3 Å². The fourth-order valence-electron chi connectivity index (χ4n) is 2.63. The number of amides is 1. The van der Waals surface area contributed by atoms with Gasteiger partial charge in [0.25, 0.3) is 5.91 Å². The van der Waals surface area contributed by atoms with Gasteiger partial charge in [0, 0.05) is 6.54 Å². The molecule has 28 heavy (non-hydrogen) atoms. The minimum atomic E-state index is -0.116. The molecule has 1 aliphatic rings. The number of thioether (sulfide) groups is 1. The van der Waals surface area contributed by atoms with E-state index in [9.17, 15) is 4.79 Å². The number of methoxy groups -OCH3 is 1. The largest absolute Gasteiger partial charge is 0.493 e. The average molecular weight is 476 g/mol. The Kier molecular flexibility index (Phi) is 6.93. The Morgan fingerprint density at radius 1 is 1.29 bits per heavy atom. The molecule has 7 heteroatoms. The first-order chi connectivity index (χ1) is 13.5. The minimum absolute atomic E-state index is 0.116. The van der Waals surface area contributed by atoms with Crippen LogP contribution in [0.2, 0.25) is 0 Å². The van der Waals surface area contributed by atoms with E-state index in [4.69, 9.17) is 21.7 Å². The van der Waals surface area contributed by atoms with Gasteiger partial charge >= 0.3 is 0 Å². The van der Waals surface area contributed by atoms with E-state index in [1.165, 1.54) is 16.7 Å². The van der Waals surface area contributed by atoms with Gasteiger partial charge in [0.2, 0.25) is 0 Å². The first-order valence-corrected chi connectivity index (χ1v) is 10.5. The van der Waals surface area contributed by atoms with Gasteiger partial charge in [0.15, 0.2) is 11.5 Å². The van der Waals surface area contributed by atoms with E-state index in [-0.39, 0.29) is 5.91 Å². The van der Waals surface area contributed by atoms with Crippen molar-refractivity contribution >= 4 is 56.2 Å². The summed E-state index contributed by atoms with van der Waals surface area (Å²) in [5, 5.41) is 0. The normalized spacial score (nSPS) is 15.2. The lowest BCUT2D eigenvalue weighted by molar-refractivity contribution is -0.121. The number of carbonyl (C=O) groups excluding carboxylic acids is 1. The summed E-state index contributed by atoms with van der Waals surface area (Å²) in [5.41, 5.74) is 1.88. The van der Waals surface area contributed by atoms with Gasteiger partial charge < -0.3 is 9.47 Å². The van der Waals surface area contributed by atoms with Crippen LogP contribution < -0.4 is 9.47 Å². The Morgan fingerprint density at radius 3 is 2.71 bits per heavy atom. The van der Waals surface area contributed by atoms with E-state index in [0.717, 1.165) is 15.6 Å². The molecule has 0 aromatic heterocycles. The first-order valence-electron chi connectivity index (χ1n) is 8.44. The summed E-state index contributed by atoms with van der Waals surface area (Å²) in [6.45, 7) is 4.50. The van der Waals surface area contributed by atoms with Crippen LogP contribution >= 0.6 is 39.9 Å². The van der Waals surface area contributed by atoms with E-state index < -0.39 is 0 Å². The molecular weight excluding hydrogens is 458 g/mol. The number of rotatable bonds is 7. The molecule has 1 fully saturated rings. The maximum atomic E-state index is 12.5. The number of thiocarbonyl (C=S) groups is 1. The summed E-state index contributed by atoms with van der Waals surface area (Å²) in [6, 6.07) is 13.6. The maximum Gasteiger partial charge on any atom is 0.266 e. The summed E-state index contributed by atoms with van der Waals surface area (Å²) >= 11 is 10.1. The Bertz CT molecular complexity index is 944. The molecule has 1 saturated heterocycles. The van der Waals surface area contributed by atoms with E-state index in [0.29, 0.717) is 33.9 Å². The molecule has 1 aliphatic heterocycles. The van der Waals surface area contributed by atoms with Crippen molar-refractivity contribution in [1.29, 1.82) is 0 Å². The van der Waals surface area contributed by atoms with Crippen molar-refractivity contribution in [1.82, 2.24) is 4.90 Å². The smallest absolute Gasteiger partial charge is 0.266 e. The molecule has 4 nitrogen and oxygen atoms in total. The molecular formula is C21H18BrNO3S2. The van der Waals surface area contributed by atoms with Gasteiger partial charge in [0.1, 0.15) is 10.9 Å². The zero-order valence-electron chi connectivity index (χ0n) is 15.2. The van der Waals surface area contributed by atoms with Gasteiger partial charge in [0.05, 0.1) is 16.5 Å². The van der Waals surface area contributed by atoms with Crippen molar-refractivity contribution in [2.45, 2.75) is 6.61 Å². The maximum absolute atomic E-state index is 12.5. The van der Waals surface area contributed by atoms with Crippen molar-refractivity contribution in [2.24, 2.45) is 0 Å². The molecule has 1 amide bonds. The monoisotopic (exact) mass is 475 g/mol. The molecule has 0 N–H and O–H groups in total. The lowest BCUT2D eigenvalue weighted by Crippen LogP contribution is -2.27. The number of nitrogens with zero attached hydrogens (tertiary/aromatic N) is 1. The number of carbonyl (C=O) groups is 1. The van der Waals surface area contributed by atoms with Crippen LogP contribution in [-0.2, 0) is 11.4 Å². The summed E-state index contributed by atoms with van der Waals surface area (Å²) in [4.78, 5) is 14.6. The quantitative estimate of drug-likeness (QED) is 0.303. The van der Waals surface area contributed by atoms with Gasteiger partial charge in [-0.3, -0.25) is 9.69 Å². The van der Waals surface area contributed by atoms with Gasteiger partial charge in [-0.05, 0) is 45.3 Å². The predicted octanol–water partition coefficient (Wildman–Crippen LogP) is 5.42. The Hall–Kier alpha value is -2.09. The highest BCUT2D eigenvalue weighted by atomic mass is 79.9. The molecule has 0 atom stereocenters. The topological polar surface area (TPSA) is 38.8 Å². The number of ether oxygens (including phenoxy) is 2. The lowest BCUT2D eigenvalue weighted by atomic mass is 10.1. The molecule has 0 aliphatic carbocycles. The lowest BCUT2D eigenvalue weighted by Gasteiger charge is -2.14. The highest BCUT2D eigenvalue weighted by Crippen LogP contribution is 2.39. The first kappa shape index (κ1) is 20.6. The zero-order valence-corrected chi connectivity index (χ0v) is 18.4. The second-order valence-corrected chi connectivity index (χ2v) is 8.42. The highest BCUT2D eigenvalue weighted by Gasteiger charge is 2.31. The second kappa shape index (κ2) is 9.41. The van der Waals surface area contributed by atoms with Crippen LogP contribution in [0.5, 0.6) is 11.5 Å². The van der Waals surface area contributed by atoms with E-state index in [1.54, 1.807) is 19.3 Å². The average Bonchev–Trinajstić information content (AvgIpc) is 2.95. The molecule has 0 unspecified atom stereocenters. The zero-order chi connectivity index (χ0) is 20.1. The summed E-state index contributed by atoms with van der Waals surface area (Å²) in [5.74, 6) is 1.08. The van der Waals surface area contributed by atoms with Crippen LogP contribution in [0.1, 0.15) is 11.1 Å². The number of hydrogen-bond acceptors (Lipinski definition) is 5. The summed E-state index contributed by atoms with van der Waals surface area (Å²) < 4.78 is 12.7. The predicted molar refractivity (Wildman–Crippen MR) is 122 cm³/mol. The van der Waals surface area contributed by atoms with Crippen LogP contribution in [0.3, 0.4) is 0 Å². The van der Waals surface area contributed by atoms with Crippen LogP contribution in [0, 0.1) is 0 Å². The van der Waals surface area contributed by atoms with Gasteiger partial charge in [-0.25, -0.2) is 0 Å². The fraction of sp³-hybridized carbons (Fsp3) is 0.143. The molecule has 2 aromatic rings. The highest BCUT2D eigenvalue weighted by molar-refractivity contribution is 9.10. The Morgan fingerprint density at radius 2 is 2.04 bits per heavy atom. The van der Waals surface area contributed by atoms with Gasteiger partial charge in [-0.2, -0.15) is 0 Å². The fourth-order valence-corrected chi connectivity index (χ4v) is 4.48. The minimum Gasteiger partial charge on any atom is -0.493 e. The van der Waals surface area contributed by atoms with E-state index in [1.807, 2.05) is 42.5 Å². The van der Waals surface area contributed by atoms with E-state index in [2.05, 4.69) is 22.5 Å². The third-order valence-corrected chi connectivity index (χ3v) is 5.93. The molecule has 144 valence electrons. The number of halogens is 1. The third-order valence-electron chi connectivity index (χ3n) is 3.96. The Labute approximate surface area is 182 Å². The summed E-state index contributed by atoms with van der Waals surface area (Å²) in [7, 11) is 1.59. The molecule has 1 heterocycles. The molecule has 2 aromatic carbocycles. The standard InChI is InChI=1S/C21H18BrNO3S2/c1-3-9-23-20(24)18(28-21(23)27)12-15-10-16(22)19(17(11-15)25-2)26-13-14-7-5-4-6-8-14/h3-8,10-12H,1,9,13H2,2H3. The van der Waals surface area contributed by atoms with Crippen LogP contribution in [0.25, 0.3) is 6.08 Å². The number of benzene rings is 2. The van der Waals surface area contributed by atoms with Crippen molar-refractivity contribution in [2.75, 3.05) is 13.7 Å². The molecule has 0 radical (unpaired) electrons. The van der Waals surface area contributed by atoms with Crippen molar-refractivity contribution in [3.63, 3.8) is 0 Å². The van der Waals surface area contributed by atoms with Crippen LogP contribution in [-0.4, -0.2) is 28.8 Å². The third kappa shape index (κ3) is 4.66. The molecule has 0 spiro atoms. The second-order valence-electron chi connectivity index (χ2n) is 5.89. The van der Waals surface area contributed by atoms with Crippen molar-refractivity contribution in [3.8, 4) is 11.5 Å². The van der Waals surface area contributed by atoms with Crippen LogP contribution in [0.4, 0.5) is 0 Å². The van der Waals surface area contributed by atoms with Crippen LogP contribution in [0.15, 0.2) is 64.5 Å². The van der Waals surface area contributed by atoms with E-state index >= 15 is 0 Å².